The van der Waals surface area contributed by atoms with E-state index in [9.17, 15) is 9.59 Å². The predicted molar refractivity (Wildman–Crippen MR) is 39.3 cm³/mol. The van der Waals surface area contributed by atoms with E-state index >= 15 is 0 Å². The zero-order valence-corrected chi connectivity index (χ0v) is 6.42. The highest BCUT2D eigenvalue weighted by atomic mass is 16.7. The number of carbonyl (C=O) groups excluding carboxylic acids is 2. The van der Waals surface area contributed by atoms with Gasteiger partial charge in [-0.25, -0.2) is 4.79 Å². The molecule has 0 atom stereocenters. The molecule has 0 radical (unpaired) electrons. The molecule has 62 valence electrons. The first kappa shape index (κ1) is 9.68. The van der Waals surface area contributed by atoms with Crippen molar-refractivity contribution in [3.63, 3.8) is 0 Å². The van der Waals surface area contributed by atoms with E-state index in [-0.39, 0.29) is 6.42 Å². The van der Waals surface area contributed by atoms with Crippen molar-refractivity contribution < 1.29 is 14.4 Å². The lowest BCUT2D eigenvalue weighted by atomic mass is 10.3. The fourth-order valence-electron chi connectivity index (χ4n) is 0.400. The Morgan fingerprint density at radius 1 is 1.64 bits per heavy atom. The number of rotatable bonds is 3. The van der Waals surface area contributed by atoms with Crippen LogP contribution in [-0.2, 0) is 14.4 Å². The molecule has 0 bridgehead atoms. The van der Waals surface area contributed by atoms with Crippen LogP contribution in [0.4, 0.5) is 0 Å². The predicted octanol–water partition coefficient (Wildman–Crippen LogP) is 0.547. The van der Waals surface area contributed by atoms with Gasteiger partial charge < -0.3 is 4.84 Å². The Bertz CT molecular complexity index is 165. The number of hydrogen-bond acceptors (Lipinski definition) is 3. The highest BCUT2D eigenvalue weighted by Crippen LogP contribution is 1.90. The van der Waals surface area contributed by atoms with E-state index in [2.05, 4.69) is 11.4 Å². The highest BCUT2D eigenvalue weighted by molar-refractivity contribution is 5.75. The van der Waals surface area contributed by atoms with Crippen LogP contribution in [0.2, 0.25) is 0 Å². The third-order valence-electron chi connectivity index (χ3n) is 0.861. The third kappa shape index (κ3) is 6.57. The molecule has 1 N–H and O–H groups in total. The van der Waals surface area contributed by atoms with Gasteiger partial charge in [0.2, 0.25) is 5.91 Å². The molecule has 11 heavy (non-hydrogen) atoms. The van der Waals surface area contributed by atoms with E-state index in [1.54, 1.807) is 6.08 Å². The van der Waals surface area contributed by atoms with Crippen molar-refractivity contribution in [2.45, 2.75) is 19.8 Å². The number of nitrogens with one attached hydrogen (secondary N) is 1. The molecule has 0 saturated carbocycles. The normalized spacial score (nSPS) is 8.45. The van der Waals surface area contributed by atoms with Gasteiger partial charge in [0, 0.05) is 6.92 Å². The number of amides is 1. The van der Waals surface area contributed by atoms with Gasteiger partial charge >= 0.3 is 5.97 Å². The van der Waals surface area contributed by atoms with Crippen molar-refractivity contribution in [2.24, 2.45) is 0 Å². The van der Waals surface area contributed by atoms with Crippen LogP contribution in [0.1, 0.15) is 19.8 Å². The van der Waals surface area contributed by atoms with Crippen molar-refractivity contribution in [2.75, 3.05) is 0 Å². The number of allylic oxidation sites excluding steroid dienone is 1. The van der Waals surface area contributed by atoms with E-state index in [0.717, 1.165) is 0 Å². The molecule has 0 saturated heterocycles. The van der Waals surface area contributed by atoms with E-state index in [0.29, 0.717) is 6.42 Å². The molecule has 0 rings (SSSR count). The lowest BCUT2D eigenvalue weighted by Gasteiger charge is -2.00. The van der Waals surface area contributed by atoms with Gasteiger partial charge in [-0.1, -0.05) is 6.08 Å². The number of hydrogen-bond donors (Lipinski definition) is 1. The molecule has 0 aliphatic rings. The van der Waals surface area contributed by atoms with Crippen molar-refractivity contribution in [3.05, 3.63) is 12.7 Å². The molecule has 0 spiro atoms. The first-order valence-corrected chi connectivity index (χ1v) is 3.24. The third-order valence-corrected chi connectivity index (χ3v) is 0.861. The lowest BCUT2D eigenvalue weighted by Crippen LogP contribution is -2.24. The molecule has 0 heterocycles. The maximum absolute atomic E-state index is 10.6. The monoisotopic (exact) mass is 157 g/mol. The largest absolute Gasteiger partial charge is 0.341 e. The summed E-state index contributed by atoms with van der Waals surface area (Å²) in [6.45, 7) is 4.70. The van der Waals surface area contributed by atoms with Gasteiger partial charge in [0.1, 0.15) is 0 Å². The first-order chi connectivity index (χ1) is 5.16. The Kier molecular flexibility index (Phi) is 4.81. The number of hydroxylamine groups is 1. The Labute approximate surface area is 65.2 Å². The second-order valence-electron chi connectivity index (χ2n) is 1.96. The van der Waals surface area contributed by atoms with Gasteiger partial charge in [-0.05, 0) is 6.42 Å². The molecule has 4 heteroatoms. The van der Waals surface area contributed by atoms with Crippen LogP contribution in [0.5, 0.6) is 0 Å². The van der Waals surface area contributed by atoms with Crippen molar-refractivity contribution in [1.82, 2.24) is 5.48 Å². The molecular weight excluding hydrogens is 146 g/mol. The van der Waals surface area contributed by atoms with Gasteiger partial charge in [-0.3, -0.25) is 4.79 Å². The van der Waals surface area contributed by atoms with Gasteiger partial charge in [0.05, 0.1) is 6.42 Å². The Morgan fingerprint density at radius 3 is 2.73 bits per heavy atom. The highest BCUT2D eigenvalue weighted by Gasteiger charge is 2.00. The van der Waals surface area contributed by atoms with Crippen LogP contribution in [0.15, 0.2) is 12.7 Å². The summed E-state index contributed by atoms with van der Waals surface area (Å²) in [6, 6.07) is 0. The summed E-state index contributed by atoms with van der Waals surface area (Å²) in [4.78, 5) is 25.2. The summed E-state index contributed by atoms with van der Waals surface area (Å²) in [5.41, 5.74) is 1.93. The average Bonchev–Trinajstić information content (AvgIpc) is 1.97. The SMILES string of the molecule is C=CCCC(=O)ONC(C)=O. The second-order valence-corrected chi connectivity index (χ2v) is 1.96. The van der Waals surface area contributed by atoms with E-state index in [1.165, 1.54) is 6.92 Å². The van der Waals surface area contributed by atoms with E-state index < -0.39 is 11.9 Å². The van der Waals surface area contributed by atoms with Crippen LogP contribution < -0.4 is 5.48 Å². The van der Waals surface area contributed by atoms with Gasteiger partial charge in [-0.2, -0.15) is 5.48 Å². The van der Waals surface area contributed by atoms with Gasteiger partial charge in [-0.15, -0.1) is 6.58 Å². The minimum atomic E-state index is -0.458. The minimum absolute atomic E-state index is 0.240. The zero-order valence-electron chi connectivity index (χ0n) is 6.42. The van der Waals surface area contributed by atoms with Crippen LogP contribution >= 0.6 is 0 Å². The molecule has 0 aromatic carbocycles. The molecule has 0 aliphatic heterocycles. The molecule has 0 aromatic heterocycles. The fraction of sp³-hybridized carbons (Fsp3) is 0.429. The number of carbonyl (C=O) groups is 2. The van der Waals surface area contributed by atoms with Gasteiger partial charge in [0.25, 0.3) is 0 Å². The summed E-state index contributed by atoms with van der Waals surface area (Å²) in [7, 11) is 0. The first-order valence-electron chi connectivity index (χ1n) is 3.24. The Balaban J connectivity index is 3.37. The Morgan fingerprint density at radius 2 is 2.27 bits per heavy atom. The summed E-state index contributed by atoms with van der Waals surface area (Å²) in [5, 5.41) is 0. The molecule has 0 unspecified atom stereocenters. The molecule has 1 amide bonds. The fourth-order valence-corrected chi connectivity index (χ4v) is 0.400. The molecule has 4 nitrogen and oxygen atoms in total. The van der Waals surface area contributed by atoms with E-state index in [4.69, 9.17) is 0 Å². The van der Waals surface area contributed by atoms with Crippen molar-refractivity contribution in [3.8, 4) is 0 Å². The smallest absolute Gasteiger partial charge is 0.332 e. The molecular formula is C7H11NO3. The summed E-state index contributed by atoms with van der Waals surface area (Å²) in [6.07, 6.45) is 2.40. The van der Waals surface area contributed by atoms with Crippen LogP contribution in [-0.4, -0.2) is 11.9 Å². The van der Waals surface area contributed by atoms with Crippen LogP contribution in [0, 0.1) is 0 Å². The maximum Gasteiger partial charge on any atom is 0.332 e. The van der Waals surface area contributed by atoms with E-state index in [1.807, 2.05) is 5.48 Å². The second kappa shape index (κ2) is 5.46. The van der Waals surface area contributed by atoms with Crippen LogP contribution in [0.3, 0.4) is 0 Å². The zero-order chi connectivity index (χ0) is 8.69. The summed E-state index contributed by atoms with van der Waals surface area (Å²) in [5.74, 6) is -0.850. The molecule has 0 aliphatic carbocycles. The van der Waals surface area contributed by atoms with Crippen LogP contribution in [0.25, 0.3) is 0 Å². The Hall–Kier alpha value is -1.32. The topological polar surface area (TPSA) is 55.4 Å². The minimum Gasteiger partial charge on any atom is -0.341 e. The standard InChI is InChI=1S/C7H11NO3/c1-3-4-5-7(10)11-8-6(2)9/h3H,1,4-5H2,2H3,(H,8,9). The summed E-state index contributed by atoms with van der Waals surface area (Å²) >= 11 is 0. The lowest BCUT2D eigenvalue weighted by molar-refractivity contribution is -0.157. The van der Waals surface area contributed by atoms with Gasteiger partial charge in [0.15, 0.2) is 0 Å². The maximum atomic E-state index is 10.6. The van der Waals surface area contributed by atoms with Crippen molar-refractivity contribution in [1.29, 1.82) is 0 Å². The summed E-state index contributed by atoms with van der Waals surface area (Å²) < 4.78 is 0. The molecule has 0 aromatic rings. The average molecular weight is 157 g/mol. The van der Waals surface area contributed by atoms with Crippen molar-refractivity contribution >= 4 is 11.9 Å². The quantitative estimate of drug-likeness (QED) is 0.480. The molecule has 0 fully saturated rings.